The Kier molecular flexibility index (Phi) is 3.94. The Labute approximate surface area is 89.4 Å². The third-order valence-corrected chi connectivity index (χ3v) is 2.84. The summed E-state index contributed by atoms with van der Waals surface area (Å²) in [5.41, 5.74) is 0. The Morgan fingerprint density at radius 1 is 1.20 bits per heavy atom. The first-order valence-electron chi connectivity index (χ1n) is 5.21. The maximum atomic E-state index is 11.6. The Bertz CT molecular complexity index is 245. The van der Waals surface area contributed by atoms with Crippen molar-refractivity contribution in [2.45, 2.75) is 31.7 Å². The maximum Gasteiger partial charge on any atom is 0.404 e. The first kappa shape index (κ1) is 11.8. The standard InChI is InChI=1S/C10H18N2O3/c1-12(2)9(13)7-3-5-8(6-4-7)11-10(14)15/h7-8,11H,3-6H2,1-2H3,(H,14,15). The van der Waals surface area contributed by atoms with E-state index in [1.54, 1.807) is 19.0 Å². The van der Waals surface area contributed by atoms with E-state index in [2.05, 4.69) is 5.32 Å². The molecule has 2 amide bonds. The van der Waals surface area contributed by atoms with Crippen LogP contribution in [0.5, 0.6) is 0 Å². The number of nitrogens with one attached hydrogen (secondary N) is 1. The van der Waals surface area contributed by atoms with Gasteiger partial charge in [0.25, 0.3) is 0 Å². The fraction of sp³-hybridized carbons (Fsp3) is 0.800. The smallest absolute Gasteiger partial charge is 0.404 e. The van der Waals surface area contributed by atoms with Crippen LogP contribution in [0.15, 0.2) is 0 Å². The number of hydrogen-bond donors (Lipinski definition) is 2. The predicted octanol–water partition coefficient (Wildman–Crippen LogP) is 0.901. The molecule has 15 heavy (non-hydrogen) atoms. The second-order valence-electron chi connectivity index (χ2n) is 4.23. The monoisotopic (exact) mass is 214 g/mol. The summed E-state index contributed by atoms with van der Waals surface area (Å²) in [4.78, 5) is 23.6. The van der Waals surface area contributed by atoms with Crippen LogP contribution in [0.25, 0.3) is 0 Å². The highest BCUT2D eigenvalue weighted by molar-refractivity contribution is 5.78. The van der Waals surface area contributed by atoms with Gasteiger partial charge in [-0.3, -0.25) is 4.79 Å². The summed E-state index contributed by atoms with van der Waals surface area (Å²) in [6.45, 7) is 0. The minimum absolute atomic E-state index is 0.0220. The molecule has 0 atom stereocenters. The highest BCUT2D eigenvalue weighted by atomic mass is 16.4. The molecule has 1 aliphatic carbocycles. The first-order valence-corrected chi connectivity index (χ1v) is 5.21. The van der Waals surface area contributed by atoms with Gasteiger partial charge in [0.2, 0.25) is 5.91 Å². The van der Waals surface area contributed by atoms with E-state index < -0.39 is 6.09 Å². The van der Waals surface area contributed by atoms with Gasteiger partial charge in [-0.15, -0.1) is 0 Å². The van der Waals surface area contributed by atoms with E-state index in [1.807, 2.05) is 0 Å². The second kappa shape index (κ2) is 5.00. The van der Waals surface area contributed by atoms with Gasteiger partial charge in [0.1, 0.15) is 0 Å². The minimum atomic E-state index is -0.975. The molecule has 0 saturated heterocycles. The molecule has 0 aliphatic heterocycles. The molecule has 2 N–H and O–H groups in total. The highest BCUT2D eigenvalue weighted by Crippen LogP contribution is 2.25. The number of carboxylic acid groups (broad SMARTS) is 1. The van der Waals surface area contributed by atoms with Crippen molar-refractivity contribution in [3.63, 3.8) is 0 Å². The molecular weight excluding hydrogens is 196 g/mol. The number of carbonyl (C=O) groups is 2. The van der Waals surface area contributed by atoms with Crippen molar-refractivity contribution in [2.75, 3.05) is 14.1 Å². The summed E-state index contributed by atoms with van der Waals surface area (Å²) in [6, 6.07) is 0.0220. The van der Waals surface area contributed by atoms with Crippen LogP contribution < -0.4 is 5.32 Å². The SMILES string of the molecule is CN(C)C(=O)C1CCC(NC(=O)O)CC1. The minimum Gasteiger partial charge on any atom is -0.465 e. The van der Waals surface area contributed by atoms with Gasteiger partial charge in [-0.25, -0.2) is 4.79 Å². The van der Waals surface area contributed by atoms with Gasteiger partial charge >= 0.3 is 6.09 Å². The number of carbonyl (C=O) groups excluding carboxylic acids is 1. The molecule has 0 bridgehead atoms. The molecule has 0 heterocycles. The second-order valence-corrected chi connectivity index (χ2v) is 4.23. The fourth-order valence-corrected chi connectivity index (χ4v) is 2.02. The van der Waals surface area contributed by atoms with Crippen molar-refractivity contribution in [2.24, 2.45) is 5.92 Å². The molecule has 5 heteroatoms. The van der Waals surface area contributed by atoms with Gasteiger partial charge < -0.3 is 15.3 Å². The van der Waals surface area contributed by atoms with E-state index in [0.29, 0.717) is 0 Å². The molecule has 5 nitrogen and oxygen atoms in total. The van der Waals surface area contributed by atoms with Crippen molar-refractivity contribution in [1.29, 1.82) is 0 Å². The van der Waals surface area contributed by atoms with Crippen LogP contribution >= 0.6 is 0 Å². The maximum absolute atomic E-state index is 11.6. The van der Waals surface area contributed by atoms with Crippen molar-refractivity contribution in [1.82, 2.24) is 10.2 Å². The van der Waals surface area contributed by atoms with E-state index >= 15 is 0 Å². The molecule has 1 rings (SSSR count). The summed E-state index contributed by atoms with van der Waals surface area (Å²) >= 11 is 0. The third-order valence-electron chi connectivity index (χ3n) is 2.84. The zero-order valence-electron chi connectivity index (χ0n) is 9.19. The van der Waals surface area contributed by atoms with Gasteiger partial charge in [0.15, 0.2) is 0 Å². The van der Waals surface area contributed by atoms with Crippen LogP contribution in [0.1, 0.15) is 25.7 Å². The van der Waals surface area contributed by atoms with Crippen LogP contribution in [-0.4, -0.2) is 42.1 Å². The molecule has 0 spiro atoms. The fourth-order valence-electron chi connectivity index (χ4n) is 2.02. The van der Waals surface area contributed by atoms with Crippen molar-refractivity contribution < 1.29 is 14.7 Å². The zero-order valence-corrected chi connectivity index (χ0v) is 9.19. The van der Waals surface area contributed by atoms with E-state index in [-0.39, 0.29) is 17.9 Å². The zero-order chi connectivity index (χ0) is 11.4. The van der Waals surface area contributed by atoms with Gasteiger partial charge in [-0.1, -0.05) is 0 Å². The Morgan fingerprint density at radius 3 is 2.13 bits per heavy atom. The van der Waals surface area contributed by atoms with E-state index in [1.165, 1.54) is 0 Å². The number of amides is 2. The number of hydrogen-bond acceptors (Lipinski definition) is 2. The molecule has 0 unspecified atom stereocenters. The number of rotatable bonds is 2. The molecule has 1 aliphatic rings. The summed E-state index contributed by atoms with van der Waals surface area (Å²) < 4.78 is 0. The average Bonchev–Trinajstić information content (AvgIpc) is 2.17. The third kappa shape index (κ3) is 3.42. The molecular formula is C10H18N2O3. The lowest BCUT2D eigenvalue weighted by molar-refractivity contribution is -0.134. The first-order chi connectivity index (χ1) is 7.00. The quantitative estimate of drug-likeness (QED) is 0.717. The van der Waals surface area contributed by atoms with Crippen LogP contribution in [-0.2, 0) is 4.79 Å². The van der Waals surface area contributed by atoms with E-state index in [9.17, 15) is 9.59 Å². The molecule has 0 aromatic carbocycles. The number of nitrogens with zero attached hydrogens (tertiary/aromatic N) is 1. The molecule has 1 fully saturated rings. The average molecular weight is 214 g/mol. The summed E-state index contributed by atoms with van der Waals surface area (Å²) in [7, 11) is 3.51. The summed E-state index contributed by atoms with van der Waals surface area (Å²) in [5, 5.41) is 11.0. The van der Waals surface area contributed by atoms with E-state index in [0.717, 1.165) is 25.7 Å². The van der Waals surface area contributed by atoms with Crippen molar-refractivity contribution in [3.8, 4) is 0 Å². The topological polar surface area (TPSA) is 69.6 Å². The van der Waals surface area contributed by atoms with Crippen molar-refractivity contribution >= 4 is 12.0 Å². The molecule has 86 valence electrons. The molecule has 0 aromatic rings. The molecule has 0 aromatic heterocycles. The van der Waals surface area contributed by atoms with Crippen molar-refractivity contribution in [3.05, 3.63) is 0 Å². The highest BCUT2D eigenvalue weighted by Gasteiger charge is 2.27. The lowest BCUT2D eigenvalue weighted by Gasteiger charge is -2.29. The van der Waals surface area contributed by atoms with Crippen LogP contribution in [0.2, 0.25) is 0 Å². The lowest BCUT2D eigenvalue weighted by Crippen LogP contribution is -2.40. The van der Waals surface area contributed by atoms with Crippen LogP contribution in [0, 0.1) is 5.92 Å². The lowest BCUT2D eigenvalue weighted by atomic mass is 9.85. The Hall–Kier alpha value is -1.26. The normalized spacial score (nSPS) is 25.7. The van der Waals surface area contributed by atoms with Gasteiger partial charge in [-0.05, 0) is 25.7 Å². The largest absolute Gasteiger partial charge is 0.465 e. The summed E-state index contributed by atoms with van der Waals surface area (Å²) in [6.07, 6.45) is 2.11. The van der Waals surface area contributed by atoms with Gasteiger partial charge in [-0.2, -0.15) is 0 Å². The Balaban J connectivity index is 2.35. The summed E-state index contributed by atoms with van der Waals surface area (Å²) in [5.74, 6) is 0.232. The molecule has 0 radical (unpaired) electrons. The van der Waals surface area contributed by atoms with Crippen LogP contribution in [0.4, 0.5) is 4.79 Å². The van der Waals surface area contributed by atoms with Gasteiger partial charge in [0, 0.05) is 26.1 Å². The van der Waals surface area contributed by atoms with Gasteiger partial charge in [0.05, 0.1) is 0 Å². The predicted molar refractivity (Wildman–Crippen MR) is 55.6 cm³/mol. The van der Waals surface area contributed by atoms with Crippen LogP contribution in [0.3, 0.4) is 0 Å². The molecule has 1 saturated carbocycles. The Morgan fingerprint density at radius 2 is 1.73 bits per heavy atom. The van der Waals surface area contributed by atoms with E-state index in [4.69, 9.17) is 5.11 Å².